The molecule has 0 bridgehead atoms. The Morgan fingerprint density at radius 2 is 2.00 bits per heavy atom. The summed E-state index contributed by atoms with van der Waals surface area (Å²) >= 11 is 0. The third-order valence-electron chi connectivity index (χ3n) is 4.12. The van der Waals surface area contributed by atoms with Gasteiger partial charge < -0.3 is 10.2 Å². The average molecular weight is 266 g/mol. The fourth-order valence-electron chi connectivity index (χ4n) is 3.04. The summed E-state index contributed by atoms with van der Waals surface area (Å²) in [5.74, 6) is 0. The summed E-state index contributed by atoms with van der Waals surface area (Å²) in [6.07, 6.45) is 2.43. The fraction of sp³-hybridized carbons (Fsp3) is 0.333. The van der Waals surface area contributed by atoms with E-state index in [0.29, 0.717) is 0 Å². The maximum Gasteiger partial charge on any atom is 0.0443 e. The van der Waals surface area contributed by atoms with Crippen LogP contribution in [0.2, 0.25) is 0 Å². The van der Waals surface area contributed by atoms with E-state index < -0.39 is 0 Å². The molecular formula is C18H22N2. The lowest BCUT2D eigenvalue weighted by Gasteiger charge is -2.31. The Morgan fingerprint density at radius 3 is 2.80 bits per heavy atom. The predicted molar refractivity (Wildman–Crippen MR) is 85.7 cm³/mol. The minimum Gasteiger partial charge on any atom is -0.341 e. The lowest BCUT2D eigenvalue weighted by atomic mass is 10.00. The second-order valence-corrected chi connectivity index (χ2v) is 5.53. The molecule has 1 aliphatic rings. The zero-order chi connectivity index (χ0) is 13.9. The minimum atomic E-state index is 0.933. The van der Waals surface area contributed by atoms with Gasteiger partial charge in [0, 0.05) is 24.5 Å². The normalized spacial score (nSPS) is 14.2. The van der Waals surface area contributed by atoms with Crippen LogP contribution in [0.25, 0.3) is 0 Å². The molecule has 0 saturated heterocycles. The summed E-state index contributed by atoms with van der Waals surface area (Å²) in [5, 5.41) is 3.23. The molecular weight excluding hydrogens is 244 g/mol. The van der Waals surface area contributed by atoms with E-state index in [1.54, 1.807) is 0 Å². The van der Waals surface area contributed by atoms with Gasteiger partial charge in [0.25, 0.3) is 0 Å². The highest BCUT2D eigenvalue weighted by molar-refractivity contribution is 5.68. The number of hydrogen-bond donors (Lipinski definition) is 1. The van der Waals surface area contributed by atoms with Crippen LogP contribution in [0.5, 0.6) is 0 Å². The average Bonchev–Trinajstić information content (AvgIpc) is 2.49. The van der Waals surface area contributed by atoms with E-state index >= 15 is 0 Å². The Balaban J connectivity index is 1.96. The standard InChI is InChI=1S/C18H22N2/c1-14-12-17(10-9-16(14)13-19-2)20-11-5-7-15-6-3-4-8-18(15)20/h3-4,6,8-10,12,19H,5,7,11,13H2,1-2H3. The summed E-state index contributed by atoms with van der Waals surface area (Å²) in [6.45, 7) is 4.25. The summed E-state index contributed by atoms with van der Waals surface area (Å²) in [6, 6.07) is 15.6. The van der Waals surface area contributed by atoms with Gasteiger partial charge in [-0.25, -0.2) is 0 Å². The Labute approximate surface area is 121 Å². The highest BCUT2D eigenvalue weighted by Gasteiger charge is 2.17. The van der Waals surface area contributed by atoms with Crippen molar-refractivity contribution in [1.82, 2.24) is 5.32 Å². The lowest BCUT2D eigenvalue weighted by Crippen LogP contribution is -2.24. The summed E-state index contributed by atoms with van der Waals surface area (Å²) in [4.78, 5) is 2.45. The van der Waals surface area contributed by atoms with E-state index in [1.165, 1.54) is 40.9 Å². The SMILES string of the molecule is CNCc1ccc(N2CCCc3ccccc32)cc1C. The van der Waals surface area contributed by atoms with E-state index in [0.717, 1.165) is 13.1 Å². The minimum absolute atomic E-state index is 0.933. The molecule has 0 spiro atoms. The highest BCUT2D eigenvalue weighted by Crippen LogP contribution is 2.33. The molecule has 0 aliphatic carbocycles. The molecule has 104 valence electrons. The maximum absolute atomic E-state index is 3.23. The molecule has 0 aromatic heterocycles. The van der Waals surface area contributed by atoms with Crippen molar-refractivity contribution in [2.24, 2.45) is 0 Å². The first-order valence-corrected chi connectivity index (χ1v) is 7.39. The van der Waals surface area contributed by atoms with Crippen LogP contribution in [0.15, 0.2) is 42.5 Å². The molecule has 20 heavy (non-hydrogen) atoms. The molecule has 0 unspecified atom stereocenters. The molecule has 2 heteroatoms. The van der Waals surface area contributed by atoms with Crippen molar-refractivity contribution in [3.8, 4) is 0 Å². The Hall–Kier alpha value is -1.80. The first-order valence-electron chi connectivity index (χ1n) is 7.39. The van der Waals surface area contributed by atoms with Gasteiger partial charge in [0.05, 0.1) is 0 Å². The number of nitrogens with zero attached hydrogens (tertiary/aromatic N) is 1. The molecule has 1 aliphatic heterocycles. The molecule has 0 amide bonds. The monoisotopic (exact) mass is 266 g/mol. The van der Waals surface area contributed by atoms with Crippen LogP contribution < -0.4 is 10.2 Å². The van der Waals surface area contributed by atoms with E-state index in [-0.39, 0.29) is 0 Å². The van der Waals surface area contributed by atoms with Gasteiger partial charge in [0.1, 0.15) is 0 Å². The van der Waals surface area contributed by atoms with Crippen LogP contribution in [0.4, 0.5) is 11.4 Å². The van der Waals surface area contributed by atoms with E-state index in [1.807, 2.05) is 7.05 Å². The number of nitrogens with one attached hydrogen (secondary N) is 1. The molecule has 2 aromatic carbocycles. The van der Waals surface area contributed by atoms with E-state index in [4.69, 9.17) is 0 Å². The second-order valence-electron chi connectivity index (χ2n) is 5.53. The summed E-state index contributed by atoms with van der Waals surface area (Å²) in [5.41, 5.74) is 6.89. The second kappa shape index (κ2) is 5.68. The Morgan fingerprint density at radius 1 is 1.15 bits per heavy atom. The first-order chi connectivity index (χ1) is 9.79. The Bertz CT molecular complexity index is 604. The molecule has 0 fully saturated rings. The third kappa shape index (κ3) is 2.44. The van der Waals surface area contributed by atoms with Crippen molar-refractivity contribution in [3.63, 3.8) is 0 Å². The zero-order valence-corrected chi connectivity index (χ0v) is 12.3. The highest BCUT2D eigenvalue weighted by atomic mass is 15.1. The van der Waals surface area contributed by atoms with Gasteiger partial charge in [0.15, 0.2) is 0 Å². The predicted octanol–water partition coefficient (Wildman–Crippen LogP) is 3.80. The molecule has 0 atom stereocenters. The number of anilines is 2. The van der Waals surface area contributed by atoms with Gasteiger partial charge in [-0.1, -0.05) is 24.3 Å². The summed E-state index contributed by atoms with van der Waals surface area (Å²) in [7, 11) is 1.99. The number of para-hydroxylation sites is 1. The molecule has 2 nitrogen and oxygen atoms in total. The largest absolute Gasteiger partial charge is 0.341 e. The van der Waals surface area contributed by atoms with Gasteiger partial charge >= 0.3 is 0 Å². The van der Waals surface area contributed by atoms with Crippen molar-refractivity contribution in [1.29, 1.82) is 0 Å². The molecule has 0 saturated carbocycles. The molecule has 1 heterocycles. The number of hydrogen-bond acceptors (Lipinski definition) is 2. The summed E-state index contributed by atoms with van der Waals surface area (Å²) < 4.78 is 0. The topological polar surface area (TPSA) is 15.3 Å². The molecule has 2 aromatic rings. The van der Waals surface area contributed by atoms with Crippen molar-refractivity contribution < 1.29 is 0 Å². The number of benzene rings is 2. The van der Waals surface area contributed by atoms with Gasteiger partial charge in [-0.05, 0) is 61.7 Å². The number of fused-ring (bicyclic) bond motifs is 1. The van der Waals surface area contributed by atoms with E-state index in [9.17, 15) is 0 Å². The van der Waals surface area contributed by atoms with Gasteiger partial charge in [0.2, 0.25) is 0 Å². The molecule has 3 rings (SSSR count). The van der Waals surface area contributed by atoms with Crippen LogP contribution in [0.3, 0.4) is 0 Å². The fourth-order valence-corrected chi connectivity index (χ4v) is 3.04. The lowest BCUT2D eigenvalue weighted by molar-refractivity contribution is 0.765. The van der Waals surface area contributed by atoms with Crippen LogP contribution in [-0.2, 0) is 13.0 Å². The van der Waals surface area contributed by atoms with Gasteiger partial charge in [-0.2, -0.15) is 0 Å². The third-order valence-corrected chi connectivity index (χ3v) is 4.12. The van der Waals surface area contributed by atoms with Crippen LogP contribution in [-0.4, -0.2) is 13.6 Å². The van der Waals surface area contributed by atoms with Crippen molar-refractivity contribution >= 4 is 11.4 Å². The zero-order valence-electron chi connectivity index (χ0n) is 12.3. The smallest absolute Gasteiger partial charge is 0.0443 e. The molecule has 1 N–H and O–H groups in total. The van der Waals surface area contributed by atoms with Crippen LogP contribution in [0, 0.1) is 6.92 Å². The first kappa shape index (κ1) is 13.2. The van der Waals surface area contributed by atoms with Crippen molar-refractivity contribution in [3.05, 3.63) is 59.2 Å². The van der Waals surface area contributed by atoms with Crippen molar-refractivity contribution in [2.75, 3.05) is 18.5 Å². The van der Waals surface area contributed by atoms with Crippen LogP contribution >= 0.6 is 0 Å². The van der Waals surface area contributed by atoms with Crippen LogP contribution in [0.1, 0.15) is 23.1 Å². The number of rotatable bonds is 3. The quantitative estimate of drug-likeness (QED) is 0.909. The van der Waals surface area contributed by atoms with Crippen molar-refractivity contribution in [2.45, 2.75) is 26.3 Å². The molecule has 0 radical (unpaired) electrons. The van der Waals surface area contributed by atoms with Gasteiger partial charge in [-0.15, -0.1) is 0 Å². The van der Waals surface area contributed by atoms with E-state index in [2.05, 4.69) is 59.6 Å². The van der Waals surface area contributed by atoms with Gasteiger partial charge in [-0.3, -0.25) is 0 Å². The maximum atomic E-state index is 3.23. The Kier molecular flexibility index (Phi) is 3.75. The number of aryl methyl sites for hydroxylation is 2.